The Labute approximate surface area is 106 Å². The average molecular weight is 244 g/mol. The number of nitrogens with one attached hydrogen (secondary N) is 1. The van der Waals surface area contributed by atoms with Crippen LogP contribution in [0, 0.1) is 0 Å². The number of para-hydroxylation sites is 1. The fourth-order valence-corrected chi connectivity index (χ4v) is 2.22. The number of nitrogens with zero attached hydrogens (tertiary/aromatic N) is 1. The van der Waals surface area contributed by atoms with Crippen LogP contribution in [0.5, 0.6) is 0 Å². The summed E-state index contributed by atoms with van der Waals surface area (Å²) in [5.74, 6) is -1.09. The van der Waals surface area contributed by atoms with Crippen LogP contribution in [0.3, 0.4) is 0 Å². The number of hydrogen-bond donors (Lipinski definition) is 1. The quantitative estimate of drug-likeness (QED) is 0.629. The molecule has 4 heteroatoms. The minimum atomic E-state index is -0.585. The van der Waals surface area contributed by atoms with Crippen LogP contribution in [0.15, 0.2) is 36.9 Å². The highest BCUT2D eigenvalue weighted by molar-refractivity contribution is 6.40. The summed E-state index contributed by atoms with van der Waals surface area (Å²) in [6.07, 6.45) is 2.34. The van der Waals surface area contributed by atoms with Gasteiger partial charge in [-0.15, -0.1) is 6.58 Å². The lowest BCUT2D eigenvalue weighted by Gasteiger charge is -2.21. The molecule has 18 heavy (non-hydrogen) atoms. The molecule has 0 aromatic heterocycles. The number of rotatable bonds is 2. The molecule has 0 saturated carbocycles. The molecule has 0 fully saturated rings. The molecule has 0 radical (unpaired) electrons. The summed E-state index contributed by atoms with van der Waals surface area (Å²) >= 11 is 0. The van der Waals surface area contributed by atoms with Gasteiger partial charge >= 0.3 is 11.8 Å². The maximum Gasteiger partial charge on any atom is 0.316 e. The summed E-state index contributed by atoms with van der Waals surface area (Å²) in [6, 6.07) is 7.69. The van der Waals surface area contributed by atoms with Crippen molar-refractivity contribution in [2.45, 2.75) is 19.4 Å². The maximum atomic E-state index is 12.1. The Morgan fingerprint density at radius 2 is 2.22 bits per heavy atom. The Morgan fingerprint density at radius 1 is 1.50 bits per heavy atom. The minimum Gasteiger partial charge on any atom is -0.344 e. The van der Waals surface area contributed by atoms with E-state index in [1.54, 1.807) is 11.0 Å². The number of hydrogen-bond acceptors (Lipinski definition) is 2. The van der Waals surface area contributed by atoms with Gasteiger partial charge in [-0.3, -0.25) is 9.59 Å². The molecule has 1 heterocycles. The van der Waals surface area contributed by atoms with Crippen molar-refractivity contribution in [2.24, 2.45) is 0 Å². The normalized spacial score (nSPS) is 17.2. The first-order valence-electron chi connectivity index (χ1n) is 5.95. The van der Waals surface area contributed by atoms with Gasteiger partial charge < -0.3 is 10.2 Å². The number of benzene rings is 1. The zero-order valence-corrected chi connectivity index (χ0v) is 10.3. The van der Waals surface area contributed by atoms with Crippen molar-refractivity contribution in [1.29, 1.82) is 0 Å². The smallest absolute Gasteiger partial charge is 0.316 e. The van der Waals surface area contributed by atoms with Crippen molar-refractivity contribution in [2.75, 3.05) is 11.4 Å². The molecule has 94 valence electrons. The second-order valence-corrected chi connectivity index (χ2v) is 4.36. The zero-order valence-electron chi connectivity index (χ0n) is 10.3. The fraction of sp³-hybridized carbons (Fsp3) is 0.286. The van der Waals surface area contributed by atoms with Gasteiger partial charge in [0.15, 0.2) is 0 Å². The number of anilines is 1. The van der Waals surface area contributed by atoms with Crippen molar-refractivity contribution < 1.29 is 9.59 Å². The van der Waals surface area contributed by atoms with Crippen molar-refractivity contribution in [3.8, 4) is 0 Å². The molecule has 1 aromatic rings. The van der Waals surface area contributed by atoms with Crippen LogP contribution in [0.2, 0.25) is 0 Å². The molecule has 1 unspecified atom stereocenters. The zero-order chi connectivity index (χ0) is 13.1. The first-order chi connectivity index (χ1) is 8.65. The Kier molecular flexibility index (Phi) is 3.46. The standard InChI is InChI=1S/C14H16N2O2/c1-3-8-15-13(17)14(18)16-10(2)9-11-6-4-5-7-12(11)16/h3-7,10H,1,8-9H2,2H3,(H,15,17). The lowest BCUT2D eigenvalue weighted by Crippen LogP contribution is -2.45. The third-order valence-corrected chi connectivity index (χ3v) is 3.03. The van der Waals surface area contributed by atoms with Crippen molar-refractivity contribution >= 4 is 17.5 Å². The SMILES string of the molecule is C=CCNC(=O)C(=O)N1c2ccccc2CC1C. The minimum absolute atomic E-state index is 0.0179. The largest absolute Gasteiger partial charge is 0.344 e. The number of carbonyl (C=O) groups excluding carboxylic acids is 2. The van der Waals surface area contributed by atoms with E-state index in [1.165, 1.54) is 0 Å². The molecule has 0 bridgehead atoms. The van der Waals surface area contributed by atoms with Crippen LogP contribution in [0.25, 0.3) is 0 Å². The Hall–Kier alpha value is -2.10. The van der Waals surface area contributed by atoms with Crippen LogP contribution >= 0.6 is 0 Å². The predicted octanol–water partition coefficient (Wildman–Crippen LogP) is 1.27. The first-order valence-corrected chi connectivity index (χ1v) is 5.95. The Morgan fingerprint density at radius 3 is 2.94 bits per heavy atom. The predicted molar refractivity (Wildman–Crippen MR) is 70.3 cm³/mol. The third-order valence-electron chi connectivity index (χ3n) is 3.03. The maximum absolute atomic E-state index is 12.1. The van der Waals surface area contributed by atoms with Gasteiger partial charge in [-0.2, -0.15) is 0 Å². The van der Waals surface area contributed by atoms with Gasteiger partial charge in [-0.05, 0) is 25.0 Å². The molecule has 1 atom stereocenters. The molecule has 2 amide bonds. The molecule has 1 N–H and O–H groups in total. The average Bonchev–Trinajstić information content (AvgIpc) is 2.70. The number of fused-ring (bicyclic) bond motifs is 1. The van der Waals surface area contributed by atoms with E-state index in [9.17, 15) is 9.59 Å². The van der Waals surface area contributed by atoms with Crippen molar-refractivity contribution in [1.82, 2.24) is 5.32 Å². The van der Waals surface area contributed by atoms with E-state index in [0.29, 0.717) is 6.54 Å². The van der Waals surface area contributed by atoms with E-state index in [4.69, 9.17) is 0 Å². The summed E-state index contributed by atoms with van der Waals surface area (Å²) in [4.78, 5) is 25.4. The molecule has 1 aliphatic rings. The van der Waals surface area contributed by atoms with Crippen LogP contribution < -0.4 is 10.2 Å². The van der Waals surface area contributed by atoms with Crippen LogP contribution in [-0.4, -0.2) is 24.4 Å². The van der Waals surface area contributed by atoms with Gasteiger partial charge in [0.05, 0.1) is 0 Å². The van der Waals surface area contributed by atoms with E-state index in [2.05, 4.69) is 11.9 Å². The molecule has 4 nitrogen and oxygen atoms in total. The summed E-state index contributed by atoms with van der Waals surface area (Å²) in [5.41, 5.74) is 1.94. The topological polar surface area (TPSA) is 49.4 Å². The third kappa shape index (κ3) is 2.14. The number of amides is 2. The van der Waals surface area contributed by atoms with Gasteiger partial charge in [-0.25, -0.2) is 0 Å². The Bertz CT molecular complexity index is 496. The van der Waals surface area contributed by atoms with E-state index in [1.807, 2.05) is 31.2 Å². The number of carbonyl (C=O) groups is 2. The van der Waals surface area contributed by atoms with Crippen molar-refractivity contribution in [3.05, 3.63) is 42.5 Å². The van der Waals surface area contributed by atoms with Crippen LogP contribution in [0.4, 0.5) is 5.69 Å². The molecule has 1 aliphatic heterocycles. The van der Waals surface area contributed by atoms with E-state index >= 15 is 0 Å². The highest BCUT2D eigenvalue weighted by atomic mass is 16.2. The van der Waals surface area contributed by atoms with Gasteiger partial charge in [0.1, 0.15) is 0 Å². The summed E-state index contributed by atoms with van der Waals surface area (Å²) in [7, 11) is 0. The Balaban J connectivity index is 2.20. The summed E-state index contributed by atoms with van der Waals surface area (Å²) < 4.78 is 0. The second kappa shape index (κ2) is 5.04. The molecule has 2 rings (SSSR count). The van der Waals surface area contributed by atoms with Gasteiger partial charge in [0.25, 0.3) is 0 Å². The highest BCUT2D eigenvalue weighted by Gasteiger charge is 2.33. The molecule has 0 saturated heterocycles. The first kappa shape index (κ1) is 12.4. The van der Waals surface area contributed by atoms with E-state index in [-0.39, 0.29) is 6.04 Å². The fourth-order valence-electron chi connectivity index (χ4n) is 2.22. The van der Waals surface area contributed by atoms with Gasteiger partial charge in [-0.1, -0.05) is 24.3 Å². The van der Waals surface area contributed by atoms with Crippen LogP contribution in [-0.2, 0) is 16.0 Å². The molecular weight excluding hydrogens is 228 g/mol. The highest BCUT2D eigenvalue weighted by Crippen LogP contribution is 2.31. The molecular formula is C14H16N2O2. The lowest BCUT2D eigenvalue weighted by molar-refractivity contribution is -0.137. The van der Waals surface area contributed by atoms with Gasteiger partial charge in [0, 0.05) is 18.3 Å². The summed E-state index contributed by atoms with van der Waals surface area (Å²) in [6.45, 7) is 5.74. The van der Waals surface area contributed by atoms with Gasteiger partial charge in [0.2, 0.25) is 0 Å². The second-order valence-electron chi connectivity index (χ2n) is 4.36. The lowest BCUT2D eigenvalue weighted by atomic mass is 10.1. The van der Waals surface area contributed by atoms with Crippen LogP contribution in [0.1, 0.15) is 12.5 Å². The molecule has 1 aromatic carbocycles. The van der Waals surface area contributed by atoms with Crippen molar-refractivity contribution in [3.63, 3.8) is 0 Å². The summed E-state index contributed by atoms with van der Waals surface area (Å²) in [5, 5.41) is 2.51. The van der Waals surface area contributed by atoms with E-state index in [0.717, 1.165) is 17.7 Å². The molecule has 0 aliphatic carbocycles. The van der Waals surface area contributed by atoms with E-state index < -0.39 is 11.8 Å². The monoisotopic (exact) mass is 244 g/mol. The molecule has 0 spiro atoms.